The highest BCUT2D eigenvalue weighted by Gasteiger charge is 2.26. The van der Waals surface area contributed by atoms with Crippen LogP contribution in [0.25, 0.3) is 5.70 Å². The molecule has 0 radical (unpaired) electrons. The maximum Gasteiger partial charge on any atom is 0.378 e. The molecule has 2 heterocycles. The van der Waals surface area contributed by atoms with Gasteiger partial charge in [0.1, 0.15) is 23.5 Å². The Labute approximate surface area is 166 Å². The predicted molar refractivity (Wildman–Crippen MR) is 100 cm³/mol. The lowest BCUT2D eigenvalue weighted by Crippen LogP contribution is -2.15. The molecule has 1 aromatic carbocycles. The first-order valence-corrected chi connectivity index (χ1v) is 8.18. The van der Waals surface area contributed by atoms with Crippen LogP contribution in [0.5, 0.6) is 5.88 Å². The quantitative estimate of drug-likeness (QED) is 0.216. The molecule has 0 saturated carbocycles. The van der Waals surface area contributed by atoms with Crippen molar-refractivity contribution in [2.24, 2.45) is 5.18 Å². The summed E-state index contributed by atoms with van der Waals surface area (Å²) >= 11 is 0. The van der Waals surface area contributed by atoms with Gasteiger partial charge in [-0.15, -0.1) is 4.91 Å². The summed E-state index contributed by atoms with van der Waals surface area (Å²) in [5, 5.41) is 37.8. The number of hydrogen-bond acceptors (Lipinski definition) is 11. The molecule has 12 nitrogen and oxygen atoms in total. The van der Waals surface area contributed by atoms with E-state index in [0.29, 0.717) is 5.56 Å². The monoisotopic (exact) mass is 413 g/mol. The van der Waals surface area contributed by atoms with Gasteiger partial charge in [-0.05, 0) is 17.3 Å². The molecule has 30 heavy (non-hydrogen) atoms. The van der Waals surface area contributed by atoms with Crippen molar-refractivity contribution in [2.45, 2.75) is 6.54 Å². The zero-order valence-electron chi connectivity index (χ0n) is 14.9. The third-order valence-electron chi connectivity index (χ3n) is 3.79. The van der Waals surface area contributed by atoms with Gasteiger partial charge in [0.25, 0.3) is 11.7 Å². The van der Waals surface area contributed by atoms with E-state index in [4.69, 9.17) is 9.93 Å². The van der Waals surface area contributed by atoms with Crippen LogP contribution in [0, 0.1) is 26.2 Å². The van der Waals surface area contributed by atoms with Crippen LogP contribution in [-0.2, 0) is 6.54 Å². The number of rotatable bonds is 8. The third kappa shape index (κ3) is 4.30. The summed E-state index contributed by atoms with van der Waals surface area (Å²) in [4.78, 5) is 27.7. The van der Waals surface area contributed by atoms with Crippen molar-refractivity contribution in [1.82, 2.24) is 20.4 Å². The largest absolute Gasteiger partial charge is 0.488 e. The van der Waals surface area contributed by atoms with Gasteiger partial charge in [0.15, 0.2) is 5.82 Å². The van der Waals surface area contributed by atoms with Crippen LogP contribution in [-0.4, -0.2) is 30.9 Å². The minimum absolute atomic E-state index is 0.0339. The Hall–Kier alpha value is -4.55. The summed E-state index contributed by atoms with van der Waals surface area (Å²) < 4.78 is 18.6. The molecule has 2 aromatic heterocycles. The molecule has 0 spiro atoms. The van der Waals surface area contributed by atoms with Gasteiger partial charge in [0.05, 0.1) is 10.6 Å². The summed E-state index contributed by atoms with van der Waals surface area (Å²) in [6.07, 6.45) is 2.45. The number of nitroso groups, excluding NO2 is 1. The van der Waals surface area contributed by atoms with E-state index in [1.807, 2.05) is 0 Å². The standard InChI is InChI=1S/C17H12FN7O5/c18-10-4-2-1-3-9(10)8-20-13(12-5-6-30-24-12)7-11(19)15-21-16(23-27)14(25(28)29)17(26)22-15/h1-7,19-20H,8H2,(H,21,22,26)/b13-7-,19-11?. The van der Waals surface area contributed by atoms with E-state index in [2.05, 4.69) is 25.6 Å². The second-order valence-electron chi connectivity index (χ2n) is 5.69. The first-order valence-electron chi connectivity index (χ1n) is 8.18. The van der Waals surface area contributed by atoms with E-state index in [-0.39, 0.29) is 17.9 Å². The van der Waals surface area contributed by atoms with E-state index < -0.39 is 39.7 Å². The van der Waals surface area contributed by atoms with Crippen molar-refractivity contribution in [3.63, 3.8) is 0 Å². The first kappa shape index (κ1) is 20.2. The Morgan fingerprint density at radius 2 is 2.13 bits per heavy atom. The molecule has 0 aliphatic rings. The summed E-state index contributed by atoms with van der Waals surface area (Å²) in [5.74, 6) is -2.98. The maximum atomic E-state index is 13.9. The van der Waals surface area contributed by atoms with Gasteiger partial charge in [0, 0.05) is 18.2 Å². The van der Waals surface area contributed by atoms with Crippen molar-refractivity contribution in [2.75, 3.05) is 0 Å². The Kier molecular flexibility index (Phi) is 5.81. The van der Waals surface area contributed by atoms with Crippen LogP contribution >= 0.6 is 0 Å². The number of nitrogens with one attached hydrogen (secondary N) is 2. The average molecular weight is 413 g/mol. The Morgan fingerprint density at radius 1 is 1.37 bits per heavy atom. The van der Waals surface area contributed by atoms with E-state index in [1.54, 1.807) is 18.2 Å². The molecule has 13 heteroatoms. The van der Waals surface area contributed by atoms with Gasteiger partial charge >= 0.3 is 5.69 Å². The van der Waals surface area contributed by atoms with E-state index in [1.165, 1.54) is 24.5 Å². The minimum atomic E-state index is -1.11. The summed E-state index contributed by atoms with van der Waals surface area (Å²) in [5.41, 5.74) is -0.700. The van der Waals surface area contributed by atoms with E-state index in [9.17, 15) is 24.5 Å². The zero-order chi connectivity index (χ0) is 21.7. The van der Waals surface area contributed by atoms with E-state index >= 15 is 0 Å². The fraction of sp³-hybridized carbons (Fsp3) is 0.0588. The Morgan fingerprint density at radius 3 is 2.77 bits per heavy atom. The van der Waals surface area contributed by atoms with Crippen molar-refractivity contribution in [3.8, 4) is 5.88 Å². The number of aromatic hydroxyl groups is 1. The number of benzene rings is 1. The molecule has 0 bridgehead atoms. The Bertz CT molecular complexity index is 1150. The lowest BCUT2D eigenvalue weighted by atomic mass is 10.2. The number of halogens is 1. The van der Waals surface area contributed by atoms with Crippen molar-refractivity contribution >= 4 is 22.9 Å². The third-order valence-corrected chi connectivity index (χ3v) is 3.79. The van der Waals surface area contributed by atoms with Gasteiger partial charge < -0.3 is 14.9 Å². The highest BCUT2D eigenvalue weighted by molar-refractivity contribution is 6.08. The topological polar surface area (TPSA) is 180 Å². The van der Waals surface area contributed by atoms with Crippen molar-refractivity contribution in [1.29, 1.82) is 5.41 Å². The molecule has 0 saturated heterocycles. The van der Waals surface area contributed by atoms with Crippen molar-refractivity contribution < 1.29 is 18.9 Å². The molecule has 0 amide bonds. The first-order chi connectivity index (χ1) is 14.4. The molecule has 3 N–H and O–H groups in total. The molecule has 152 valence electrons. The Balaban J connectivity index is 1.94. The highest BCUT2D eigenvalue weighted by atomic mass is 19.1. The van der Waals surface area contributed by atoms with Crippen LogP contribution in [0.1, 0.15) is 17.1 Å². The van der Waals surface area contributed by atoms with Gasteiger partial charge in [-0.3, -0.25) is 15.5 Å². The molecule has 0 fully saturated rings. The molecule has 0 aliphatic heterocycles. The number of allylic oxidation sites excluding steroid dienone is 1. The van der Waals surface area contributed by atoms with E-state index in [0.717, 1.165) is 0 Å². The fourth-order valence-corrected chi connectivity index (χ4v) is 2.39. The minimum Gasteiger partial charge on any atom is -0.488 e. The van der Waals surface area contributed by atoms with Crippen LogP contribution in [0.4, 0.5) is 15.9 Å². The molecule has 0 atom stereocenters. The molecular formula is C17H12FN7O5. The van der Waals surface area contributed by atoms with Gasteiger partial charge in [0.2, 0.25) is 0 Å². The summed E-state index contributed by atoms with van der Waals surface area (Å²) in [6.45, 7) is 0.0339. The highest BCUT2D eigenvalue weighted by Crippen LogP contribution is 2.32. The maximum absolute atomic E-state index is 13.9. The normalized spacial score (nSPS) is 11.2. The summed E-state index contributed by atoms with van der Waals surface area (Å²) in [7, 11) is 0. The molecule has 3 rings (SSSR count). The summed E-state index contributed by atoms with van der Waals surface area (Å²) in [6, 6.07) is 7.52. The number of aromatic nitrogens is 3. The predicted octanol–water partition coefficient (Wildman–Crippen LogP) is 2.81. The number of nitrogens with zero attached hydrogens (tertiary/aromatic N) is 5. The average Bonchev–Trinajstić information content (AvgIpc) is 3.25. The number of hydrogen-bond donors (Lipinski definition) is 3. The van der Waals surface area contributed by atoms with Crippen LogP contribution < -0.4 is 5.32 Å². The van der Waals surface area contributed by atoms with Crippen LogP contribution in [0.15, 0.2) is 52.4 Å². The SMILES string of the molecule is N=C(/C=C(\NCc1ccccc1F)c1ccon1)c1nc(O)c([N+](=O)[O-])c(N=O)n1. The molecule has 0 unspecified atom stereocenters. The second kappa shape index (κ2) is 8.64. The van der Waals surface area contributed by atoms with Crippen molar-refractivity contribution in [3.05, 3.63) is 80.6 Å². The molecule has 0 aliphatic carbocycles. The lowest BCUT2D eigenvalue weighted by Gasteiger charge is -2.10. The number of nitro groups is 1. The van der Waals surface area contributed by atoms with Gasteiger partial charge in [-0.2, -0.15) is 9.97 Å². The fourth-order valence-electron chi connectivity index (χ4n) is 2.39. The smallest absolute Gasteiger partial charge is 0.378 e. The lowest BCUT2D eigenvalue weighted by molar-refractivity contribution is -0.385. The van der Waals surface area contributed by atoms with Gasteiger partial charge in [-0.25, -0.2) is 4.39 Å². The molecule has 3 aromatic rings. The van der Waals surface area contributed by atoms with Gasteiger partial charge in [-0.1, -0.05) is 23.4 Å². The van der Waals surface area contributed by atoms with Crippen LogP contribution in [0.3, 0.4) is 0 Å². The van der Waals surface area contributed by atoms with Crippen LogP contribution in [0.2, 0.25) is 0 Å². The second-order valence-corrected chi connectivity index (χ2v) is 5.69. The zero-order valence-corrected chi connectivity index (χ0v) is 14.9. The molecular weight excluding hydrogens is 401 g/mol.